The van der Waals surface area contributed by atoms with E-state index in [1.165, 1.54) is 34.4 Å². The largest absolute Gasteiger partial charge is 0.493 e. The second kappa shape index (κ2) is 8.74. The van der Waals surface area contributed by atoms with E-state index in [9.17, 15) is 0 Å². The van der Waals surface area contributed by atoms with Crippen molar-refractivity contribution in [1.82, 2.24) is 0 Å². The Morgan fingerprint density at radius 3 is 1.96 bits per heavy atom. The fraction of sp³-hybridized carbons (Fsp3) is 0.250. The highest BCUT2D eigenvalue weighted by Crippen LogP contribution is 2.23. The smallest absolute Gasteiger partial charge is 0.122 e. The molecule has 3 heteroatoms. The van der Waals surface area contributed by atoms with Gasteiger partial charge >= 0.3 is 0 Å². The molecule has 0 amide bonds. The Kier molecular flexibility index (Phi) is 5.70. The molecular weight excluding hydrogens is 334 g/mol. The van der Waals surface area contributed by atoms with Crippen molar-refractivity contribution in [2.24, 2.45) is 0 Å². The first-order valence-electron chi connectivity index (χ1n) is 9.57. The van der Waals surface area contributed by atoms with E-state index in [-0.39, 0.29) is 0 Å². The molecule has 0 atom stereocenters. The molecule has 0 aliphatic carbocycles. The number of hydrogen-bond donors (Lipinski definition) is 1. The fourth-order valence-corrected chi connectivity index (χ4v) is 3.47. The van der Waals surface area contributed by atoms with Gasteiger partial charge in [-0.25, -0.2) is 0 Å². The SMILES string of the molecule is c1ccc2c(c1)CCN2.c1ccc2c(c1)CCO2.c1ccc2c(c1)COC2. The highest BCUT2D eigenvalue weighted by Gasteiger charge is 2.09. The van der Waals surface area contributed by atoms with Gasteiger partial charge in [0.2, 0.25) is 0 Å². The van der Waals surface area contributed by atoms with Crippen LogP contribution in [0.4, 0.5) is 5.69 Å². The average molecular weight is 359 g/mol. The summed E-state index contributed by atoms with van der Waals surface area (Å²) in [5, 5.41) is 3.30. The van der Waals surface area contributed by atoms with Gasteiger partial charge in [0.05, 0.1) is 19.8 Å². The lowest BCUT2D eigenvalue weighted by Gasteiger charge is -1.94. The molecule has 0 spiro atoms. The van der Waals surface area contributed by atoms with Crippen molar-refractivity contribution in [3.8, 4) is 5.75 Å². The van der Waals surface area contributed by atoms with E-state index >= 15 is 0 Å². The van der Waals surface area contributed by atoms with Crippen molar-refractivity contribution in [3.63, 3.8) is 0 Å². The van der Waals surface area contributed by atoms with Gasteiger partial charge in [-0.3, -0.25) is 0 Å². The first-order valence-corrected chi connectivity index (χ1v) is 9.57. The molecule has 3 aromatic rings. The number of benzene rings is 3. The Hall–Kier alpha value is -2.78. The standard InChI is InChI=1S/C8H9N.2C8H8O/c1-2-4-8-7(3-1)5-6-9-8;1-2-4-8-6-9-5-7(8)3-1;1-2-4-8-7(3-1)5-6-9-8/h1-4,9H,5-6H2;2*1-4H,5-6H2. The first-order chi connectivity index (χ1) is 13.4. The van der Waals surface area contributed by atoms with Crippen molar-refractivity contribution in [3.05, 3.63) is 95.1 Å². The number of fused-ring (bicyclic) bond motifs is 3. The van der Waals surface area contributed by atoms with Gasteiger partial charge in [0.25, 0.3) is 0 Å². The van der Waals surface area contributed by atoms with Crippen LogP contribution in [-0.4, -0.2) is 13.2 Å². The maximum Gasteiger partial charge on any atom is 0.122 e. The minimum atomic E-state index is 0.802. The van der Waals surface area contributed by atoms with Gasteiger partial charge < -0.3 is 14.8 Å². The van der Waals surface area contributed by atoms with E-state index in [0.717, 1.165) is 38.5 Å². The third kappa shape index (κ3) is 4.50. The molecule has 27 heavy (non-hydrogen) atoms. The molecule has 3 aliphatic rings. The van der Waals surface area contributed by atoms with Crippen molar-refractivity contribution in [1.29, 1.82) is 0 Å². The lowest BCUT2D eigenvalue weighted by atomic mass is 10.1. The highest BCUT2D eigenvalue weighted by atomic mass is 16.5. The number of ether oxygens (including phenoxy) is 2. The highest BCUT2D eigenvalue weighted by molar-refractivity contribution is 5.54. The van der Waals surface area contributed by atoms with Crippen LogP contribution in [0.25, 0.3) is 0 Å². The summed E-state index contributed by atoms with van der Waals surface area (Å²) in [6.07, 6.45) is 2.27. The van der Waals surface area contributed by atoms with Crippen LogP contribution < -0.4 is 10.1 Å². The lowest BCUT2D eigenvalue weighted by molar-refractivity contribution is 0.134. The minimum Gasteiger partial charge on any atom is -0.493 e. The van der Waals surface area contributed by atoms with Crippen LogP contribution in [0.5, 0.6) is 5.75 Å². The van der Waals surface area contributed by atoms with E-state index in [1.54, 1.807) is 0 Å². The van der Waals surface area contributed by atoms with Gasteiger partial charge in [-0.2, -0.15) is 0 Å². The van der Waals surface area contributed by atoms with Crippen LogP contribution in [-0.2, 0) is 30.8 Å². The van der Waals surface area contributed by atoms with Crippen LogP contribution in [0, 0.1) is 0 Å². The molecular formula is C24H25NO2. The normalized spacial score (nSPS) is 15.0. The molecule has 6 rings (SSSR count). The molecule has 0 saturated carbocycles. The van der Waals surface area contributed by atoms with E-state index in [1.807, 2.05) is 30.3 Å². The maximum absolute atomic E-state index is 5.30. The molecule has 1 N–H and O–H groups in total. The molecule has 138 valence electrons. The predicted molar refractivity (Wildman–Crippen MR) is 109 cm³/mol. The second-order valence-corrected chi connectivity index (χ2v) is 6.80. The third-order valence-corrected chi connectivity index (χ3v) is 4.96. The summed E-state index contributed by atoms with van der Waals surface area (Å²) in [7, 11) is 0. The number of para-hydroxylation sites is 2. The van der Waals surface area contributed by atoms with Gasteiger partial charge in [-0.1, -0.05) is 60.7 Å². The quantitative estimate of drug-likeness (QED) is 0.613. The van der Waals surface area contributed by atoms with Crippen molar-refractivity contribution < 1.29 is 9.47 Å². The number of hydrogen-bond acceptors (Lipinski definition) is 3. The molecule has 0 saturated heterocycles. The van der Waals surface area contributed by atoms with Crippen LogP contribution in [0.3, 0.4) is 0 Å². The molecule has 0 aromatic heterocycles. The Morgan fingerprint density at radius 1 is 0.630 bits per heavy atom. The Balaban J connectivity index is 0.0000001000. The Bertz CT molecular complexity index is 704. The van der Waals surface area contributed by atoms with Crippen LogP contribution in [0.1, 0.15) is 22.3 Å². The monoisotopic (exact) mass is 359 g/mol. The first kappa shape index (κ1) is 17.6. The van der Waals surface area contributed by atoms with E-state index in [2.05, 4.69) is 47.8 Å². The van der Waals surface area contributed by atoms with E-state index in [4.69, 9.17) is 9.47 Å². The summed E-state index contributed by atoms with van der Waals surface area (Å²) in [5.41, 5.74) is 6.81. The lowest BCUT2D eigenvalue weighted by Crippen LogP contribution is -1.90. The van der Waals surface area contributed by atoms with Crippen molar-refractivity contribution in [2.75, 3.05) is 18.5 Å². The summed E-state index contributed by atoms with van der Waals surface area (Å²) in [5.74, 6) is 1.07. The number of nitrogens with one attached hydrogen (secondary N) is 1. The van der Waals surface area contributed by atoms with Gasteiger partial charge in [0.1, 0.15) is 5.75 Å². The van der Waals surface area contributed by atoms with Gasteiger partial charge in [0, 0.05) is 18.7 Å². The summed E-state index contributed by atoms with van der Waals surface area (Å²) in [4.78, 5) is 0. The molecule has 0 unspecified atom stereocenters. The fourth-order valence-electron chi connectivity index (χ4n) is 3.47. The zero-order valence-corrected chi connectivity index (χ0v) is 15.5. The zero-order valence-electron chi connectivity index (χ0n) is 15.5. The van der Waals surface area contributed by atoms with Crippen LogP contribution in [0.2, 0.25) is 0 Å². The summed E-state index contributed by atoms with van der Waals surface area (Å²) < 4.78 is 10.5. The topological polar surface area (TPSA) is 30.5 Å². The van der Waals surface area contributed by atoms with Crippen molar-refractivity contribution >= 4 is 5.69 Å². The summed E-state index contributed by atoms with van der Waals surface area (Å²) in [6.45, 7) is 3.57. The van der Waals surface area contributed by atoms with E-state index in [0.29, 0.717) is 0 Å². The maximum atomic E-state index is 5.30. The minimum absolute atomic E-state index is 0.802. The zero-order chi connectivity index (χ0) is 18.3. The van der Waals surface area contributed by atoms with Crippen molar-refractivity contribution in [2.45, 2.75) is 26.1 Å². The molecule has 3 nitrogen and oxygen atoms in total. The molecule has 0 fully saturated rings. The van der Waals surface area contributed by atoms with E-state index < -0.39 is 0 Å². The number of rotatable bonds is 0. The van der Waals surface area contributed by atoms with Gasteiger partial charge in [-0.15, -0.1) is 0 Å². The molecule has 3 aliphatic heterocycles. The Morgan fingerprint density at radius 2 is 1.26 bits per heavy atom. The molecule has 0 bridgehead atoms. The predicted octanol–water partition coefficient (Wildman–Crippen LogP) is 4.99. The van der Waals surface area contributed by atoms with Crippen LogP contribution in [0.15, 0.2) is 72.8 Å². The van der Waals surface area contributed by atoms with Gasteiger partial charge in [0.15, 0.2) is 0 Å². The summed E-state index contributed by atoms with van der Waals surface area (Å²) in [6, 6.07) is 25.0. The molecule has 3 heterocycles. The van der Waals surface area contributed by atoms with Crippen LogP contribution >= 0.6 is 0 Å². The second-order valence-electron chi connectivity index (χ2n) is 6.80. The Labute approximate surface area is 161 Å². The average Bonchev–Trinajstić information content (AvgIpc) is 3.48. The molecule has 0 radical (unpaired) electrons. The van der Waals surface area contributed by atoms with Gasteiger partial charge in [-0.05, 0) is 40.8 Å². The summed E-state index contributed by atoms with van der Waals surface area (Å²) >= 11 is 0. The third-order valence-electron chi connectivity index (χ3n) is 4.96. The number of anilines is 1. The molecule has 3 aromatic carbocycles.